The van der Waals surface area contributed by atoms with Crippen molar-refractivity contribution in [1.82, 2.24) is 19.4 Å². The van der Waals surface area contributed by atoms with Crippen molar-refractivity contribution in [2.45, 2.75) is 25.7 Å². The van der Waals surface area contributed by atoms with Crippen LogP contribution in [0.1, 0.15) is 28.7 Å². The van der Waals surface area contributed by atoms with E-state index in [0.29, 0.717) is 36.6 Å². The van der Waals surface area contributed by atoms with Gasteiger partial charge in [-0.15, -0.1) is 0 Å². The molecular weight excluding hydrogens is 368 g/mol. The molecule has 1 fully saturated rings. The van der Waals surface area contributed by atoms with Crippen molar-refractivity contribution in [2.75, 3.05) is 32.8 Å². The second-order valence-corrected chi connectivity index (χ2v) is 8.29. The number of benzene rings is 1. The number of nitrogens with one attached hydrogen (secondary N) is 1. The minimum absolute atomic E-state index is 0.106. The molecular formula is C18H24N4O4S. The van der Waals surface area contributed by atoms with Gasteiger partial charge >= 0.3 is 0 Å². The maximum atomic E-state index is 12.9. The summed E-state index contributed by atoms with van der Waals surface area (Å²) < 4.78 is 32.6. The predicted octanol–water partition coefficient (Wildman–Crippen LogP) is 1.57. The number of H-pyrrole nitrogens is 1. The highest BCUT2D eigenvalue weighted by atomic mass is 32.2. The molecule has 0 aliphatic carbocycles. The van der Waals surface area contributed by atoms with Crippen LogP contribution in [0.15, 0.2) is 29.2 Å². The maximum Gasteiger partial charge on any atom is 0.253 e. The van der Waals surface area contributed by atoms with E-state index >= 15 is 0 Å². The van der Waals surface area contributed by atoms with Crippen LogP contribution in [0.25, 0.3) is 0 Å². The van der Waals surface area contributed by atoms with Gasteiger partial charge in [0.25, 0.3) is 5.91 Å². The molecule has 0 unspecified atom stereocenters. The Hall–Kier alpha value is -2.39. The Morgan fingerprint density at radius 3 is 2.30 bits per heavy atom. The first kappa shape index (κ1) is 19.4. The van der Waals surface area contributed by atoms with Crippen molar-refractivity contribution in [3.63, 3.8) is 0 Å². The van der Waals surface area contributed by atoms with Gasteiger partial charge in [0.05, 0.1) is 18.0 Å². The van der Waals surface area contributed by atoms with Crippen LogP contribution in [0.5, 0.6) is 5.75 Å². The third-order valence-corrected chi connectivity index (χ3v) is 6.76. The van der Waals surface area contributed by atoms with Crippen molar-refractivity contribution >= 4 is 15.9 Å². The molecule has 146 valence electrons. The molecule has 2 heterocycles. The van der Waals surface area contributed by atoms with Crippen molar-refractivity contribution in [3.8, 4) is 5.75 Å². The molecule has 27 heavy (non-hydrogen) atoms. The Balaban J connectivity index is 1.67. The molecule has 0 spiro atoms. The molecule has 1 N–H and O–H groups in total. The first-order valence-corrected chi connectivity index (χ1v) is 10.3. The standard InChI is InChI=1S/C18H24N4O4S/c1-4-26-16-7-5-15(6-8-16)18(23)21-9-11-22(12-10-21)27(24,25)17-13(2)19-20-14(17)3/h5-8H,4,9-12H2,1-3H3,(H,19,20). The Bertz CT molecular complexity index is 894. The molecule has 1 amide bonds. The Kier molecular flexibility index (Phi) is 5.52. The van der Waals surface area contributed by atoms with Gasteiger partial charge < -0.3 is 9.64 Å². The van der Waals surface area contributed by atoms with E-state index < -0.39 is 10.0 Å². The number of carbonyl (C=O) groups excluding carboxylic acids is 1. The minimum Gasteiger partial charge on any atom is -0.494 e. The second kappa shape index (κ2) is 7.69. The summed E-state index contributed by atoms with van der Waals surface area (Å²) in [5, 5.41) is 6.69. The number of carbonyl (C=O) groups is 1. The molecule has 1 aliphatic heterocycles. The van der Waals surface area contributed by atoms with E-state index in [-0.39, 0.29) is 23.9 Å². The third-order valence-electron chi connectivity index (χ3n) is 4.60. The lowest BCUT2D eigenvalue weighted by molar-refractivity contribution is 0.0698. The van der Waals surface area contributed by atoms with Crippen molar-refractivity contribution in [1.29, 1.82) is 0 Å². The van der Waals surface area contributed by atoms with Crippen LogP contribution in [0.2, 0.25) is 0 Å². The SMILES string of the molecule is CCOc1ccc(C(=O)N2CCN(S(=O)(=O)c3c(C)n[nH]c3C)CC2)cc1. The van der Waals surface area contributed by atoms with Gasteiger partial charge in [-0.25, -0.2) is 8.42 Å². The number of piperazine rings is 1. The number of aryl methyl sites for hydroxylation is 2. The fourth-order valence-electron chi connectivity index (χ4n) is 3.22. The second-order valence-electron chi connectivity index (χ2n) is 6.42. The van der Waals surface area contributed by atoms with Crippen molar-refractivity contribution in [3.05, 3.63) is 41.2 Å². The molecule has 8 nitrogen and oxygen atoms in total. The smallest absolute Gasteiger partial charge is 0.253 e. The topological polar surface area (TPSA) is 95.6 Å². The van der Waals surface area contributed by atoms with Crippen molar-refractivity contribution in [2.24, 2.45) is 0 Å². The quantitative estimate of drug-likeness (QED) is 0.833. The number of aromatic amines is 1. The van der Waals surface area contributed by atoms with Crippen LogP contribution >= 0.6 is 0 Å². The highest BCUT2D eigenvalue weighted by molar-refractivity contribution is 7.89. The first-order valence-electron chi connectivity index (χ1n) is 8.88. The summed E-state index contributed by atoms with van der Waals surface area (Å²) in [7, 11) is -3.62. The maximum absolute atomic E-state index is 12.9. The predicted molar refractivity (Wildman–Crippen MR) is 100 cm³/mol. The van der Waals surface area contributed by atoms with Gasteiger partial charge in [0.2, 0.25) is 10.0 Å². The van der Waals surface area contributed by atoms with Gasteiger partial charge in [0, 0.05) is 31.7 Å². The van der Waals surface area contributed by atoms with Gasteiger partial charge in [-0.3, -0.25) is 9.89 Å². The minimum atomic E-state index is -3.62. The number of rotatable bonds is 5. The lowest BCUT2D eigenvalue weighted by Gasteiger charge is -2.34. The van der Waals surface area contributed by atoms with E-state index in [9.17, 15) is 13.2 Å². The summed E-state index contributed by atoms with van der Waals surface area (Å²) in [6, 6.07) is 6.99. The molecule has 9 heteroatoms. The number of sulfonamides is 1. The normalized spacial score (nSPS) is 15.7. The molecule has 3 rings (SSSR count). The van der Waals surface area contributed by atoms with E-state index in [1.807, 2.05) is 6.92 Å². The van der Waals surface area contributed by atoms with E-state index in [0.717, 1.165) is 5.75 Å². The zero-order valence-electron chi connectivity index (χ0n) is 15.7. The summed E-state index contributed by atoms with van der Waals surface area (Å²) in [5.74, 6) is 0.613. The number of hydrogen-bond acceptors (Lipinski definition) is 5. The molecule has 1 aliphatic rings. The van der Waals surface area contributed by atoms with Crippen LogP contribution in [-0.2, 0) is 10.0 Å². The molecule has 0 saturated carbocycles. The first-order chi connectivity index (χ1) is 12.8. The van der Waals surface area contributed by atoms with E-state index in [1.165, 1.54) is 4.31 Å². The van der Waals surface area contributed by atoms with Gasteiger partial charge in [0.15, 0.2) is 0 Å². The zero-order chi connectivity index (χ0) is 19.6. The molecule has 2 aromatic rings. The molecule has 1 aromatic carbocycles. The van der Waals surface area contributed by atoms with E-state index in [2.05, 4.69) is 10.2 Å². The average molecular weight is 392 g/mol. The monoisotopic (exact) mass is 392 g/mol. The summed E-state index contributed by atoms with van der Waals surface area (Å²) in [4.78, 5) is 14.6. The molecule has 0 atom stereocenters. The fraction of sp³-hybridized carbons (Fsp3) is 0.444. The molecule has 0 bridgehead atoms. The van der Waals surface area contributed by atoms with Crippen LogP contribution in [0, 0.1) is 13.8 Å². The number of hydrogen-bond donors (Lipinski definition) is 1. The average Bonchev–Trinajstić information content (AvgIpc) is 3.01. The molecule has 1 aromatic heterocycles. The molecule has 0 radical (unpaired) electrons. The van der Waals surface area contributed by atoms with Gasteiger partial charge in [-0.1, -0.05) is 0 Å². The Morgan fingerprint density at radius 2 is 1.78 bits per heavy atom. The lowest BCUT2D eigenvalue weighted by atomic mass is 10.2. The van der Waals surface area contributed by atoms with Crippen LogP contribution < -0.4 is 4.74 Å². The largest absolute Gasteiger partial charge is 0.494 e. The number of amides is 1. The van der Waals surface area contributed by atoms with Gasteiger partial charge in [0.1, 0.15) is 10.6 Å². The third kappa shape index (κ3) is 3.84. The summed E-state index contributed by atoms with van der Waals surface area (Å²) in [6.45, 7) is 7.05. The number of nitrogens with zero attached hydrogens (tertiary/aromatic N) is 3. The lowest BCUT2D eigenvalue weighted by Crippen LogP contribution is -2.50. The fourth-order valence-corrected chi connectivity index (χ4v) is 4.98. The van der Waals surface area contributed by atoms with Crippen LogP contribution in [-0.4, -0.2) is 66.5 Å². The highest BCUT2D eigenvalue weighted by Gasteiger charge is 2.33. The van der Waals surface area contributed by atoms with Crippen LogP contribution in [0.4, 0.5) is 0 Å². The number of ether oxygens (including phenoxy) is 1. The highest BCUT2D eigenvalue weighted by Crippen LogP contribution is 2.23. The Labute approximate surface area is 159 Å². The van der Waals surface area contributed by atoms with Crippen LogP contribution in [0.3, 0.4) is 0 Å². The summed E-state index contributed by atoms with van der Waals surface area (Å²) in [5.41, 5.74) is 1.55. The van der Waals surface area contributed by atoms with E-state index in [1.54, 1.807) is 43.0 Å². The van der Waals surface area contributed by atoms with Crippen molar-refractivity contribution < 1.29 is 17.9 Å². The van der Waals surface area contributed by atoms with Gasteiger partial charge in [-0.2, -0.15) is 9.40 Å². The van der Waals surface area contributed by atoms with Gasteiger partial charge in [-0.05, 0) is 45.0 Å². The summed E-state index contributed by atoms with van der Waals surface area (Å²) >= 11 is 0. The summed E-state index contributed by atoms with van der Waals surface area (Å²) in [6.07, 6.45) is 0. The number of aromatic nitrogens is 2. The molecule has 1 saturated heterocycles. The Morgan fingerprint density at radius 1 is 1.15 bits per heavy atom. The van der Waals surface area contributed by atoms with E-state index in [4.69, 9.17) is 4.74 Å². The zero-order valence-corrected chi connectivity index (χ0v) is 16.5.